The van der Waals surface area contributed by atoms with Gasteiger partial charge >= 0.3 is 0 Å². The fourth-order valence-corrected chi connectivity index (χ4v) is 1.71. The number of nitrogens with zero attached hydrogens (tertiary/aromatic N) is 3. The Bertz CT molecular complexity index is 716. The molecular formula is C15H16N4O3. The molecule has 2 N–H and O–H groups in total. The first kappa shape index (κ1) is 15.4. The summed E-state index contributed by atoms with van der Waals surface area (Å²) in [4.78, 5) is 4.01. The van der Waals surface area contributed by atoms with E-state index in [-0.39, 0.29) is 17.3 Å². The number of nitrogens with one attached hydrogen (secondary N) is 1. The largest absolute Gasteiger partial charge is 0.504 e. The first-order chi connectivity index (χ1) is 10.7. The molecule has 1 heterocycles. The lowest BCUT2D eigenvalue weighted by molar-refractivity contribution is 0.318. The summed E-state index contributed by atoms with van der Waals surface area (Å²) in [5.41, 5.74) is 3.53. The van der Waals surface area contributed by atoms with E-state index in [0.29, 0.717) is 24.7 Å². The Morgan fingerprint density at radius 1 is 1.50 bits per heavy atom. The van der Waals surface area contributed by atoms with Crippen molar-refractivity contribution in [1.29, 1.82) is 5.26 Å². The molecule has 2 rings (SSSR count). The number of ether oxygens (including phenoxy) is 1. The van der Waals surface area contributed by atoms with Crippen molar-refractivity contribution < 1.29 is 14.3 Å². The van der Waals surface area contributed by atoms with Gasteiger partial charge in [-0.3, -0.25) is 0 Å². The number of benzene rings is 1. The van der Waals surface area contributed by atoms with Gasteiger partial charge in [-0.2, -0.15) is 10.4 Å². The van der Waals surface area contributed by atoms with Crippen LogP contribution < -0.4 is 10.2 Å². The number of nitriles is 1. The predicted octanol–water partition coefficient (Wildman–Crippen LogP) is 2.66. The number of aromatic nitrogens is 1. The van der Waals surface area contributed by atoms with Crippen LogP contribution in [-0.2, 0) is 6.42 Å². The lowest BCUT2D eigenvalue weighted by Crippen LogP contribution is -1.94. The van der Waals surface area contributed by atoms with Gasteiger partial charge in [0.2, 0.25) is 5.69 Å². The molecule has 22 heavy (non-hydrogen) atoms. The Hall–Kier alpha value is -3.01. The van der Waals surface area contributed by atoms with E-state index in [1.165, 1.54) is 12.3 Å². The monoisotopic (exact) mass is 300 g/mol. The molecule has 0 radical (unpaired) electrons. The van der Waals surface area contributed by atoms with Gasteiger partial charge in [0.15, 0.2) is 17.4 Å². The number of aromatic hydroxyl groups is 1. The number of hydrogen-bond donors (Lipinski definition) is 2. The molecule has 1 aromatic heterocycles. The lowest BCUT2D eigenvalue weighted by Gasteiger charge is -2.05. The topological polar surface area (TPSA) is 104 Å². The van der Waals surface area contributed by atoms with E-state index >= 15 is 0 Å². The molecular weight excluding hydrogens is 284 g/mol. The third-order valence-corrected chi connectivity index (χ3v) is 2.74. The molecule has 7 heteroatoms. The van der Waals surface area contributed by atoms with Crippen LogP contribution in [0, 0.1) is 11.3 Å². The Kier molecular flexibility index (Phi) is 4.98. The van der Waals surface area contributed by atoms with E-state index in [1.54, 1.807) is 12.1 Å². The van der Waals surface area contributed by atoms with E-state index in [4.69, 9.17) is 14.4 Å². The van der Waals surface area contributed by atoms with Crippen molar-refractivity contribution in [2.24, 2.45) is 5.10 Å². The fourth-order valence-electron chi connectivity index (χ4n) is 1.71. The number of oxazole rings is 1. The number of hydrazone groups is 1. The van der Waals surface area contributed by atoms with Gasteiger partial charge < -0.3 is 14.3 Å². The Morgan fingerprint density at radius 3 is 3.00 bits per heavy atom. The normalized spacial score (nSPS) is 10.6. The molecule has 0 spiro atoms. The average Bonchev–Trinajstić information content (AvgIpc) is 2.93. The van der Waals surface area contributed by atoms with Crippen molar-refractivity contribution in [3.05, 3.63) is 35.3 Å². The molecule has 0 atom stereocenters. The summed E-state index contributed by atoms with van der Waals surface area (Å²) in [6, 6.07) is 6.81. The number of anilines is 1. The zero-order valence-electron chi connectivity index (χ0n) is 12.3. The van der Waals surface area contributed by atoms with Crippen LogP contribution in [0.15, 0.2) is 27.7 Å². The number of aryl methyl sites for hydroxylation is 1. The molecule has 1 aromatic carbocycles. The second-order valence-electron chi connectivity index (χ2n) is 4.28. The van der Waals surface area contributed by atoms with Crippen LogP contribution in [0.5, 0.6) is 11.5 Å². The zero-order chi connectivity index (χ0) is 15.9. The molecule has 0 saturated carbocycles. The van der Waals surface area contributed by atoms with E-state index in [2.05, 4.69) is 15.5 Å². The zero-order valence-corrected chi connectivity index (χ0v) is 12.3. The smallest absolute Gasteiger partial charge is 0.252 e. The summed E-state index contributed by atoms with van der Waals surface area (Å²) in [5.74, 6) is 1.13. The van der Waals surface area contributed by atoms with Crippen molar-refractivity contribution in [3.8, 4) is 17.6 Å². The molecule has 0 aliphatic carbocycles. The second kappa shape index (κ2) is 7.13. The first-order valence-corrected chi connectivity index (χ1v) is 6.82. The van der Waals surface area contributed by atoms with Crippen LogP contribution in [0.3, 0.4) is 0 Å². The number of phenols is 1. The van der Waals surface area contributed by atoms with E-state index in [9.17, 15) is 5.11 Å². The molecule has 0 amide bonds. The van der Waals surface area contributed by atoms with Crippen LogP contribution in [0.1, 0.15) is 31.0 Å². The maximum absolute atomic E-state index is 9.62. The summed E-state index contributed by atoms with van der Waals surface area (Å²) in [6.45, 7) is 4.17. The quantitative estimate of drug-likeness (QED) is 0.628. The number of phenolic OH excluding ortho intramolecular Hbond substituents is 1. The molecule has 0 saturated heterocycles. The maximum Gasteiger partial charge on any atom is 0.252 e. The summed E-state index contributed by atoms with van der Waals surface area (Å²) < 4.78 is 10.6. The average molecular weight is 300 g/mol. The first-order valence-electron chi connectivity index (χ1n) is 6.82. The summed E-state index contributed by atoms with van der Waals surface area (Å²) in [6.07, 6.45) is 2.12. The number of rotatable bonds is 6. The third-order valence-electron chi connectivity index (χ3n) is 2.74. The molecule has 114 valence electrons. The van der Waals surface area contributed by atoms with Crippen LogP contribution in [-0.4, -0.2) is 22.9 Å². The molecule has 2 aromatic rings. The van der Waals surface area contributed by atoms with Gasteiger partial charge in [-0.15, -0.1) is 0 Å². The van der Waals surface area contributed by atoms with E-state index in [1.807, 2.05) is 19.9 Å². The van der Waals surface area contributed by atoms with Crippen LogP contribution >= 0.6 is 0 Å². The van der Waals surface area contributed by atoms with Crippen LogP contribution in [0.2, 0.25) is 0 Å². The summed E-state index contributed by atoms with van der Waals surface area (Å²) >= 11 is 0. The molecule has 7 nitrogen and oxygen atoms in total. The van der Waals surface area contributed by atoms with Crippen molar-refractivity contribution >= 4 is 12.1 Å². The predicted molar refractivity (Wildman–Crippen MR) is 81.1 cm³/mol. The fraction of sp³-hybridized carbons (Fsp3) is 0.267. The van der Waals surface area contributed by atoms with Crippen molar-refractivity contribution in [2.75, 3.05) is 12.0 Å². The van der Waals surface area contributed by atoms with Crippen LogP contribution in [0.25, 0.3) is 0 Å². The highest BCUT2D eigenvalue weighted by atomic mass is 16.5. The van der Waals surface area contributed by atoms with Gasteiger partial charge in [0, 0.05) is 6.42 Å². The van der Waals surface area contributed by atoms with E-state index < -0.39 is 0 Å². The highest BCUT2D eigenvalue weighted by Gasteiger charge is 2.10. The van der Waals surface area contributed by atoms with Gasteiger partial charge in [0.05, 0.1) is 12.8 Å². The maximum atomic E-state index is 9.62. The molecule has 0 unspecified atom stereocenters. The second-order valence-corrected chi connectivity index (χ2v) is 4.28. The van der Waals surface area contributed by atoms with Gasteiger partial charge in [0.25, 0.3) is 5.88 Å². The standard InChI is InChI=1S/C15H16N4O3/c1-3-14-18-11(8-16)15(22-14)19-17-9-10-5-6-12(20)13(7-10)21-4-2/h5-7,9,19-20H,3-4H2,1-2H3/b17-9-. The van der Waals surface area contributed by atoms with E-state index in [0.717, 1.165) is 5.56 Å². The number of hydrogen-bond acceptors (Lipinski definition) is 7. The van der Waals surface area contributed by atoms with Crippen molar-refractivity contribution in [3.63, 3.8) is 0 Å². The van der Waals surface area contributed by atoms with Gasteiger partial charge in [-0.1, -0.05) is 6.92 Å². The molecule has 0 fully saturated rings. The minimum Gasteiger partial charge on any atom is -0.504 e. The highest BCUT2D eigenvalue weighted by Crippen LogP contribution is 2.26. The minimum absolute atomic E-state index is 0.0709. The Balaban J connectivity index is 2.11. The molecule has 0 aliphatic heterocycles. The van der Waals surface area contributed by atoms with Crippen molar-refractivity contribution in [2.45, 2.75) is 20.3 Å². The molecule has 0 bridgehead atoms. The molecule has 0 aliphatic rings. The van der Waals surface area contributed by atoms with Crippen molar-refractivity contribution in [1.82, 2.24) is 4.98 Å². The van der Waals surface area contributed by atoms with Crippen LogP contribution in [0.4, 0.5) is 5.88 Å². The Morgan fingerprint density at radius 2 is 2.32 bits per heavy atom. The summed E-state index contributed by atoms with van der Waals surface area (Å²) in [7, 11) is 0. The van der Waals surface area contributed by atoms with Gasteiger partial charge in [0.1, 0.15) is 6.07 Å². The van der Waals surface area contributed by atoms with Gasteiger partial charge in [-0.25, -0.2) is 10.4 Å². The summed E-state index contributed by atoms with van der Waals surface area (Å²) in [5, 5.41) is 22.6. The highest BCUT2D eigenvalue weighted by molar-refractivity contribution is 5.81. The minimum atomic E-state index is 0.0709. The lowest BCUT2D eigenvalue weighted by atomic mass is 10.2. The Labute approximate surface area is 127 Å². The SMILES string of the molecule is CCOc1cc(/C=N\Nc2oc(CC)nc2C#N)ccc1O. The third kappa shape index (κ3) is 3.55. The van der Waals surface area contributed by atoms with Gasteiger partial charge in [-0.05, 0) is 30.7 Å².